The fourth-order valence-electron chi connectivity index (χ4n) is 5.99. The molecule has 2 heterocycles. The molecule has 6 rings (SSSR count). The molecule has 0 bridgehead atoms. The van der Waals surface area contributed by atoms with Gasteiger partial charge < -0.3 is 24.7 Å². The monoisotopic (exact) mass is 794 g/mol. The van der Waals surface area contributed by atoms with E-state index in [4.69, 9.17) is 20.8 Å². The molecular weight excluding hydrogens is 753 g/mol. The second-order valence-corrected chi connectivity index (χ2v) is 13.0. The number of aromatic nitrogens is 4. The number of ether oxygens (including phenoxy) is 1. The van der Waals surface area contributed by atoms with Crippen LogP contribution >= 0.6 is 0 Å². The minimum absolute atomic E-state index is 0.245. The summed E-state index contributed by atoms with van der Waals surface area (Å²) in [5.74, 6) is -1.97. The van der Waals surface area contributed by atoms with Gasteiger partial charge in [-0.1, -0.05) is 38.1 Å². The number of fused-ring (bicyclic) bond motifs is 2. The van der Waals surface area contributed by atoms with Gasteiger partial charge in [0, 0.05) is 41.9 Å². The highest BCUT2D eigenvalue weighted by Crippen LogP contribution is 2.25. The van der Waals surface area contributed by atoms with E-state index < -0.39 is 23.8 Å². The van der Waals surface area contributed by atoms with Crippen molar-refractivity contribution in [3.8, 4) is 6.07 Å². The van der Waals surface area contributed by atoms with E-state index in [1.165, 1.54) is 24.3 Å². The molecule has 0 saturated heterocycles. The van der Waals surface area contributed by atoms with Crippen LogP contribution in [0, 0.1) is 11.3 Å². The highest BCUT2D eigenvalue weighted by molar-refractivity contribution is 6.06. The van der Waals surface area contributed by atoms with E-state index in [1.807, 2.05) is 53.3 Å². The maximum atomic E-state index is 12.7. The number of benzene rings is 4. The van der Waals surface area contributed by atoms with E-state index in [2.05, 4.69) is 20.6 Å². The van der Waals surface area contributed by atoms with Gasteiger partial charge in [0.05, 0.1) is 40.3 Å². The summed E-state index contributed by atoms with van der Waals surface area (Å²) >= 11 is 0. The first-order chi connectivity index (χ1) is 28.4. The molecule has 0 atom stereocenters. The molecule has 0 aliphatic rings. The molecule has 15 nitrogen and oxygen atoms in total. The summed E-state index contributed by atoms with van der Waals surface area (Å²) in [6, 6.07) is 25.7. The topological polar surface area (TPSA) is 224 Å². The second-order valence-electron chi connectivity index (χ2n) is 13.0. The Morgan fingerprint density at radius 2 is 1.24 bits per heavy atom. The number of rotatable bonds is 14. The Morgan fingerprint density at radius 3 is 1.73 bits per heavy atom. The van der Waals surface area contributed by atoms with Gasteiger partial charge in [-0.05, 0) is 104 Å². The van der Waals surface area contributed by atoms with Crippen molar-refractivity contribution in [3.05, 3.63) is 130 Å². The summed E-state index contributed by atoms with van der Waals surface area (Å²) in [5, 5.41) is 23.5. The average Bonchev–Trinajstić information content (AvgIpc) is 3.75. The molecule has 300 valence electrons. The Labute approximate surface area is 339 Å². The van der Waals surface area contributed by atoms with Gasteiger partial charge in [-0.15, -0.1) is 0 Å². The summed E-state index contributed by atoms with van der Waals surface area (Å²) in [6.45, 7) is 7.40. The Balaban J connectivity index is 0.000000224. The first-order valence-electron chi connectivity index (χ1n) is 18.7. The number of hydrogen-bond acceptors (Lipinski definition) is 9. The number of nitriles is 1. The first-order valence-corrected chi connectivity index (χ1v) is 18.7. The number of amides is 3. The minimum atomic E-state index is -1.03. The van der Waals surface area contributed by atoms with Crippen molar-refractivity contribution < 1.29 is 33.8 Å². The molecule has 6 aromatic rings. The largest absolute Gasteiger partial charge is 0.478 e. The summed E-state index contributed by atoms with van der Waals surface area (Å²) in [5.41, 5.74) is 11.2. The third-order valence-corrected chi connectivity index (χ3v) is 8.67. The van der Waals surface area contributed by atoms with Crippen LogP contribution in [0.2, 0.25) is 0 Å². The van der Waals surface area contributed by atoms with Gasteiger partial charge in [-0.3, -0.25) is 25.0 Å². The van der Waals surface area contributed by atoms with Crippen LogP contribution < -0.4 is 16.4 Å². The number of aryl methyl sites for hydroxylation is 2. The first kappa shape index (κ1) is 42.3. The zero-order chi connectivity index (χ0) is 42.5. The highest BCUT2D eigenvalue weighted by Gasteiger charge is 2.17. The average molecular weight is 795 g/mol. The SMILES string of the molecule is CCCn1c(NC(=O)c2cccc(C#N)c2)nc2ccc(/C=C/C(=O)OCC)cc21.CCCn1c(NC(=O)c2cccc(C(N)=O)c2)nc2ccc(/C=C/C(=O)O)cc21. The second kappa shape index (κ2) is 19.8. The number of anilines is 2. The Morgan fingerprint density at radius 1 is 0.729 bits per heavy atom. The molecule has 3 amide bonds. The lowest BCUT2D eigenvalue weighted by Gasteiger charge is -2.09. The van der Waals surface area contributed by atoms with Crippen LogP contribution in [-0.2, 0) is 27.4 Å². The zero-order valence-electron chi connectivity index (χ0n) is 32.6. The van der Waals surface area contributed by atoms with E-state index in [1.54, 1.807) is 61.5 Å². The van der Waals surface area contributed by atoms with Crippen molar-refractivity contribution in [1.29, 1.82) is 5.26 Å². The van der Waals surface area contributed by atoms with Crippen LogP contribution in [0.3, 0.4) is 0 Å². The molecule has 0 aliphatic heterocycles. The van der Waals surface area contributed by atoms with Crippen LogP contribution in [0.25, 0.3) is 34.2 Å². The van der Waals surface area contributed by atoms with E-state index >= 15 is 0 Å². The fourth-order valence-corrected chi connectivity index (χ4v) is 5.99. The normalized spacial score (nSPS) is 10.9. The summed E-state index contributed by atoms with van der Waals surface area (Å²) < 4.78 is 8.71. The molecule has 5 N–H and O–H groups in total. The number of primary amides is 1. The Hall–Kier alpha value is -7.86. The van der Waals surface area contributed by atoms with Gasteiger partial charge in [0.2, 0.25) is 17.8 Å². The van der Waals surface area contributed by atoms with Crippen LogP contribution in [0.1, 0.15) is 81.4 Å². The third kappa shape index (κ3) is 10.9. The molecule has 0 spiro atoms. The minimum Gasteiger partial charge on any atom is -0.478 e. The number of carbonyl (C=O) groups is 5. The molecule has 2 aromatic heterocycles. The predicted molar refractivity (Wildman–Crippen MR) is 224 cm³/mol. The molecule has 4 aromatic carbocycles. The molecule has 15 heteroatoms. The molecular formula is C44H42N8O7. The van der Waals surface area contributed by atoms with Crippen molar-refractivity contribution in [1.82, 2.24) is 19.1 Å². The molecule has 59 heavy (non-hydrogen) atoms. The van der Waals surface area contributed by atoms with E-state index in [-0.39, 0.29) is 11.5 Å². The van der Waals surface area contributed by atoms with E-state index in [0.29, 0.717) is 59.4 Å². The number of carboxylic acid groups (broad SMARTS) is 1. The summed E-state index contributed by atoms with van der Waals surface area (Å²) in [6.07, 6.45) is 7.29. The van der Waals surface area contributed by atoms with Crippen molar-refractivity contribution in [2.45, 2.75) is 46.7 Å². The molecule has 0 unspecified atom stereocenters. The lowest BCUT2D eigenvalue weighted by atomic mass is 10.1. The van der Waals surface area contributed by atoms with Crippen molar-refractivity contribution >= 4 is 75.8 Å². The van der Waals surface area contributed by atoms with Crippen LogP contribution in [0.5, 0.6) is 0 Å². The number of esters is 1. The van der Waals surface area contributed by atoms with Crippen molar-refractivity contribution in [3.63, 3.8) is 0 Å². The van der Waals surface area contributed by atoms with Crippen LogP contribution in [-0.4, -0.2) is 60.5 Å². The van der Waals surface area contributed by atoms with Gasteiger partial charge in [0.1, 0.15) is 0 Å². The zero-order valence-corrected chi connectivity index (χ0v) is 32.6. The highest BCUT2D eigenvalue weighted by atomic mass is 16.5. The van der Waals surface area contributed by atoms with E-state index in [9.17, 15) is 24.0 Å². The number of nitrogens with one attached hydrogen (secondary N) is 2. The molecule has 0 saturated carbocycles. The Kier molecular flexibility index (Phi) is 14.2. The number of hydrogen-bond donors (Lipinski definition) is 4. The Bertz CT molecular complexity index is 2650. The number of imidazole rings is 2. The fraction of sp³-hybridized carbons (Fsp3) is 0.182. The molecule has 0 aliphatic carbocycles. The number of aliphatic carboxylic acids is 1. The maximum Gasteiger partial charge on any atom is 0.330 e. The number of nitrogens with zero attached hydrogens (tertiary/aromatic N) is 5. The van der Waals surface area contributed by atoms with Crippen molar-refractivity contribution in [2.24, 2.45) is 5.73 Å². The quantitative estimate of drug-likeness (QED) is 0.0650. The van der Waals surface area contributed by atoms with Gasteiger partial charge in [0.15, 0.2) is 0 Å². The lowest BCUT2D eigenvalue weighted by molar-refractivity contribution is -0.137. The maximum absolute atomic E-state index is 12.7. The molecule has 0 fully saturated rings. The molecule has 0 radical (unpaired) electrons. The third-order valence-electron chi connectivity index (χ3n) is 8.67. The number of carbonyl (C=O) groups excluding carboxylic acids is 4. The number of nitrogens with two attached hydrogens (primary N) is 1. The van der Waals surface area contributed by atoms with Gasteiger partial charge in [0.25, 0.3) is 11.8 Å². The smallest absolute Gasteiger partial charge is 0.330 e. The summed E-state index contributed by atoms with van der Waals surface area (Å²) in [4.78, 5) is 68.1. The van der Waals surface area contributed by atoms with Gasteiger partial charge >= 0.3 is 11.9 Å². The van der Waals surface area contributed by atoms with Gasteiger partial charge in [-0.25, -0.2) is 19.6 Å². The predicted octanol–water partition coefficient (Wildman–Crippen LogP) is 7.04. The summed E-state index contributed by atoms with van der Waals surface area (Å²) in [7, 11) is 0. The standard InChI is InChI=1S/C23H22N4O3.C21H20N4O4/c1-3-12-27-20-14-16(9-11-21(28)30-4-2)8-10-19(20)25-23(27)26-22(29)18-7-5-6-17(13-18)15-24;1-2-10-25-17-11-13(7-9-18(26)27)6-8-16(17)23-21(25)24-20(29)15-5-3-4-14(12-15)19(22)28/h5-11,13-14H,3-4,12H2,1-2H3,(H,25,26,29);3-9,11-12H,2,10H2,1H3,(H2,22,28)(H,26,27)(H,23,24,29)/b11-9+;9-7+. The lowest BCUT2D eigenvalue weighted by Crippen LogP contribution is -2.17. The van der Waals surface area contributed by atoms with Crippen LogP contribution in [0.15, 0.2) is 97.1 Å². The van der Waals surface area contributed by atoms with E-state index in [0.717, 1.165) is 41.0 Å². The van der Waals surface area contributed by atoms with Crippen LogP contribution in [0.4, 0.5) is 11.9 Å². The van der Waals surface area contributed by atoms with Gasteiger partial charge in [-0.2, -0.15) is 5.26 Å². The van der Waals surface area contributed by atoms with Crippen molar-refractivity contribution in [2.75, 3.05) is 17.2 Å². The number of carboxylic acids is 1.